The van der Waals surface area contributed by atoms with E-state index in [-0.39, 0.29) is 23.3 Å². The predicted octanol–water partition coefficient (Wildman–Crippen LogP) is 3.40. The van der Waals surface area contributed by atoms with Gasteiger partial charge in [0.25, 0.3) is 5.91 Å². The van der Waals surface area contributed by atoms with E-state index in [1.54, 1.807) is 6.07 Å². The number of benzene rings is 1. The van der Waals surface area contributed by atoms with Crippen LogP contribution in [0.5, 0.6) is 0 Å². The van der Waals surface area contributed by atoms with Crippen LogP contribution < -0.4 is 5.32 Å². The fourth-order valence-corrected chi connectivity index (χ4v) is 5.64. The van der Waals surface area contributed by atoms with Crippen molar-refractivity contribution in [3.63, 3.8) is 0 Å². The number of nitrogens with one attached hydrogen (secondary N) is 1. The fraction of sp³-hybridized carbons (Fsp3) is 0.500. The first-order valence-corrected chi connectivity index (χ1v) is 9.23. The molecule has 5 heteroatoms. The number of rotatable bonds is 2. The van der Waals surface area contributed by atoms with Gasteiger partial charge in [-0.1, -0.05) is 12.1 Å². The Morgan fingerprint density at radius 2 is 2.09 bits per heavy atom. The highest BCUT2D eigenvalue weighted by molar-refractivity contribution is 7.20. The Labute approximate surface area is 138 Å². The molecule has 3 aliphatic heterocycles. The largest absolute Gasteiger partial charge is 0.346 e. The third-order valence-corrected chi connectivity index (χ3v) is 7.15. The van der Waals surface area contributed by atoms with Gasteiger partial charge >= 0.3 is 0 Å². The molecule has 120 valence electrons. The van der Waals surface area contributed by atoms with Gasteiger partial charge in [-0.3, -0.25) is 9.69 Å². The van der Waals surface area contributed by atoms with Crippen molar-refractivity contribution in [1.82, 2.24) is 10.2 Å². The molecule has 6 rings (SSSR count). The molecule has 1 amide bonds. The van der Waals surface area contributed by atoms with Crippen LogP contribution in [0.1, 0.15) is 35.4 Å². The molecule has 23 heavy (non-hydrogen) atoms. The minimum atomic E-state index is -0.243. The number of hydrogen-bond acceptors (Lipinski definition) is 3. The summed E-state index contributed by atoms with van der Waals surface area (Å²) in [4.78, 5) is 16.0. The maximum absolute atomic E-state index is 13.8. The van der Waals surface area contributed by atoms with Crippen molar-refractivity contribution in [3.8, 4) is 0 Å². The molecule has 1 saturated carbocycles. The van der Waals surface area contributed by atoms with Gasteiger partial charge in [0.2, 0.25) is 0 Å². The number of piperidine rings is 3. The van der Waals surface area contributed by atoms with Crippen molar-refractivity contribution in [1.29, 1.82) is 0 Å². The number of nitrogens with zero attached hydrogens (tertiary/aromatic N) is 1. The Morgan fingerprint density at radius 1 is 1.30 bits per heavy atom. The molecule has 3 nitrogen and oxygen atoms in total. The van der Waals surface area contributed by atoms with Crippen LogP contribution in [0.2, 0.25) is 0 Å². The summed E-state index contributed by atoms with van der Waals surface area (Å²) in [6.07, 6.45) is 4.78. The summed E-state index contributed by atoms with van der Waals surface area (Å²) in [5, 5.41) is 4.12. The van der Waals surface area contributed by atoms with Crippen molar-refractivity contribution in [2.24, 2.45) is 5.92 Å². The summed E-state index contributed by atoms with van der Waals surface area (Å²) in [7, 11) is 0. The minimum absolute atomic E-state index is 0.0318. The minimum Gasteiger partial charge on any atom is -0.346 e. The smallest absolute Gasteiger partial charge is 0.261 e. The van der Waals surface area contributed by atoms with Gasteiger partial charge in [-0.25, -0.2) is 4.39 Å². The molecule has 1 N–H and O–H groups in total. The summed E-state index contributed by atoms with van der Waals surface area (Å²) in [5.74, 6) is 0.334. The zero-order valence-electron chi connectivity index (χ0n) is 12.8. The molecule has 2 aromatic rings. The molecule has 0 radical (unpaired) electrons. The molecule has 1 aliphatic carbocycles. The van der Waals surface area contributed by atoms with E-state index in [0.717, 1.165) is 5.39 Å². The van der Waals surface area contributed by atoms with Gasteiger partial charge < -0.3 is 5.32 Å². The van der Waals surface area contributed by atoms with E-state index in [1.165, 1.54) is 56.2 Å². The van der Waals surface area contributed by atoms with Crippen molar-refractivity contribution in [2.75, 3.05) is 13.1 Å². The summed E-state index contributed by atoms with van der Waals surface area (Å²) in [5.41, 5.74) is 0.235. The van der Waals surface area contributed by atoms with E-state index in [1.807, 2.05) is 12.1 Å². The summed E-state index contributed by atoms with van der Waals surface area (Å²) in [6.45, 7) is 2.37. The number of hydrogen-bond donors (Lipinski definition) is 1. The van der Waals surface area contributed by atoms with Crippen LogP contribution in [0.3, 0.4) is 0 Å². The number of halogens is 1. The third kappa shape index (κ3) is 1.99. The normalized spacial score (nSPS) is 30.7. The second kappa shape index (κ2) is 4.77. The van der Waals surface area contributed by atoms with Crippen LogP contribution in [0, 0.1) is 11.7 Å². The lowest BCUT2D eigenvalue weighted by molar-refractivity contribution is -0.00138. The van der Waals surface area contributed by atoms with Gasteiger partial charge in [-0.05, 0) is 62.2 Å². The van der Waals surface area contributed by atoms with Gasteiger partial charge in [0, 0.05) is 5.54 Å². The van der Waals surface area contributed by atoms with Crippen LogP contribution in [0.4, 0.5) is 4.39 Å². The Balaban J connectivity index is 1.43. The zero-order valence-corrected chi connectivity index (χ0v) is 13.7. The van der Waals surface area contributed by atoms with Crippen LogP contribution in [-0.4, -0.2) is 35.5 Å². The molecule has 2 bridgehead atoms. The summed E-state index contributed by atoms with van der Waals surface area (Å²) in [6, 6.07) is 7.10. The predicted molar refractivity (Wildman–Crippen MR) is 89.3 cm³/mol. The first-order valence-electron chi connectivity index (χ1n) is 8.41. The Kier molecular flexibility index (Phi) is 2.89. The van der Waals surface area contributed by atoms with Crippen molar-refractivity contribution >= 4 is 27.3 Å². The molecule has 4 aliphatic rings. The monoisotopic (exact) mass is 330 g/mol. The summed E-state index contributed by atoms with van der Waals surface area (Å²) >= 11 is 1.26. The Bertz CT molecular complexity index is 789. The van der Waals surface area contributed by atoms with Gasteiger partial charge in [0.15, 0.2) is 0 Å². The topological polar surface area (TPSA) is 32.3 Å². The number of fused-ring (bicyclic) bond motifs is 3. The lowest BCUT2D eigenvalue weighted by Crippen LogP contribution is -2.65. The number of carbonyl (C=O) groups excluding carboxylic acids is 1. The third-order valence-electron chi connectivity index (χ3n) is 5.99. The van der Waals surface area contributed by atoms with Gasteiger partial charge in [0.05, 0.1) is 15.6 Å². The molecule has 4 heterocycles. The van der Waals surface area contributed by atoms with E-state index in [0.29, 0.717) is 15.5 Å². The maximum atomic E-state index is 13.8. The molecular formula is C18H19FN2OS. The fourth-order valence-electron chi connectivity index (χ4n) is 4.67. The molecule has 4 fully saturated rings. The van der Waals surface area contributed by atoms with Crippen molar-refractivity contribution in [3.05, 3.63) is 35.0 Å². The average Bonchev–Trinajstić information content (AvgIpc) is 3.21. The first-order chi connectivity index (χ1) is 11.2. The van der Waals surface area contributed by atoms with Crippen LogP contribution in [-0.2, 0) is 0 Å². The molecular weight excluding hydrogens is 311 g/mol. The van der Waals surface area contributed by atoms with Gasteiger partial charge in [0.1, 0.15) is 5.82 Å². The van der Waals surface area contributed by atoms with Crippen molar-refractivity contribution in [2.45, 2.75) is 37.3 Å². The highest BCUT2D eigenvalue weighted by Crippen LogP contribution is 2.53. The van der Waals surface area contributed by atoms with Crippen LogP contribution in [0.15, 0.2) is 24.3 Å². The Morgan fingerprint density at radius 3 is 2.78 bits per heavy atom. The molecule has 1 spiro atoms. The molecule has 1 aromatic heterocycles. The second-order valence-corrected chi connectivity index (χ2v) is 8.20. The summed E-state index contributed by atoms with van der Waals surface area (Å²) < 4.78 is 14.4. The van der Waals surface area contributed by atoms with E-state index in [2.05, 4.69) is 10.2 Å². The number of thiophene rings is 1. The van der Waals surface area contributed by atoms with Crippen LogP contribution >= 0.6 is 11.3 Å². The number of carbonyl (C=O) groups is 1. The van der Waals surface area contributed by atoms with E-state index >= 15 is 0 Å². The second-order valence-electron chi connectivity index (χ2n) is 7.15. The van der Waals surface area contributed by atoms with Gasteiger partial charge in [-0.15, -0.1) is 11.3 Å². The highest BCUT2D eigenvalue weighted by Gasteiger charge is 2.60. The Hall–Kier alpha value is -1.46. The number of amides is 1. The zero-order chi connectivity index (χ0) is 15.6. The lowest BCUT2D eigenvalue weighted by Gasteiger charge is -2.52. The van der Waals surface area contributed by atoms with Gasteiger partial charge in [-0.2, -0.15) is 0 Å². The molecule has 3 saturated heterocycles. The van der Waals surface area contributed by atoms with Crippen LogP contribution in [0.25, 0.3) is 10.1 Å². The maximum Gasteiger partial charge on any atom is 0.261 e. The van der Waals surface area contributed by atoms with E-state index in [9.17, 15) is 9.18 Å². The molecule has 1 atom stereocenters. The van der Waals surface area contributed by atoms with E-state index < -0.39 is 0 Å². The first kappa shape index (κ1) is 13.9. The SMILES string of the molecule is O=C(N[C@H]1C2CCN(CC2)C12CC2)c1cc2cccc(F)c2s1. The quantitative estimate of drug-likeness (QED) is 0.915. The molecule has 1 aromatic carbocycles. The highest BCUT2D eigenvalue weighted by atomic mass is 32.1. The standard InChI is InChI=1S/C18H19FN2OS/c19-13-3-1-2-12-10-14(23-15(12)13)17(22)20-16-11-4-8-21(9-5-11)18(16)6-7-18/h1-3,10-11,16H,4-9H2,(H,20,22)/t16-/m0/s1. The van der Waals surface area contributed by atoms with Crippen molar-refractivity contribution < 1.29 is 9.18 Å². The molecule has 0 unspecified atom stereocenters. The lowest BCUT2D eigenvalue weighted by atomic mass is 9.77. The van der Waals surface area contributed by atoms with E-state index in [4.69, 9.17) is 0 Å². The average molecular weight is 330 g/mol.